The molecule has 0 aliphatic rings. The summed E-state index contributed by atoms with van der Waals surface area (Å²) >= 11 is 3.29. The van der Waals surface area contributed by atoms with E-state index in [0.717, 1.165) is 19.3 Å². The van der Waals surface area contributed by atoms with Crippen molar-refractivity contribution in [2.75, 3.05) is 20.3 Å². The number of halogens is 1. The average Bonchev–Trinajstić information content (AvgIpc) is 2.39. The summed E-state index contributed by atoms with van der Waals surface area (Å²) in [5, 5.41) is 19.5. The van der Waals surface area contributed by atoms with Gasteiger partial charge in [-0.25, -0.2) is 0 Å². The van der Waals surface area contributed by atoms with Gasteiger partial charge in [0.2, 0.25) is 0 Å². The van der Waals surface area contributed by atoms with Gasteiger partial charge in [-0.1, -0.05) is 0 Å². The van der Waals surface area contributed by atoms with Crippen molar-refractivity contribution in [2.45, 2.75) is 19.3 Å². The standard InChI is InChI=1S/C12H16BrNO5/c1-18-12-7-9(13)11(8-10(12)14(16)17)19-6-4-2-3-5-15/h7-8,15H,2-6H2,1H3. The molecule has 1 rings (SSSR count). The van der Waals surface area contributed by atoms with Crippen LogP contribution < -0.4 is 9.47 Å². The number of aliphatic hydroxyl groups is 1. The fraction of sp³-hybridized carbons (Fsp3) is 0.500. The van der Waals surface area contributed by atoms with E-state index < -0.39 is 4.92 Å². The zero-order valence-corrected chi connectivity index (χ0v) is 12.2. The van der Waals surface area contributed by atoms with Crippen molar-refractivity contribution in [3.63, 3.8) is 0 Å². The Bertz CT molecular complexity index is 438. The van der Waals surface area contributed by atoms with Crippen molar-refractivity contribution in [3.8, 4) is 11.5 Å². The van der Waals surface area contributed by atoms with Gasteiger partial charge in [-0.05, 0) is 35.2 Å². The monoisotopic (exact) mass is 333 g/mol. The molecule has 0 spiro atoms. The number of nitrogens with zero attached hydrogens (tertiary/aromatic N) is 1. The molecule has 0 aliphatic heterocycles. The molecule has 0 amide bonds. The van der Waals surface area contributed by atoms with Gasteiger partial charge in [0.15, 0.2) is 5.75 Å². The van der Waals surface area contributed by atoms with Gasteiger partial charge >= 0.3 is 5.69 Å². The Balaban J connectivity index is 2.72. The van der Waals surface area contributed by atoms with Crippen LogP contribution in [0.25, 0.3) is 0 Å². The van der Waals surface area contributed by atoms with Crippen LogP contribution in [0.2, 0.25) is 0 Å². The summed E-state index contributed by atoms with van der Waals surface area (Å²) in [7, 11) is 1.38. The molecular formula is C12H16BrNO5. The third-order valence-electron chi connectivity index (χ3n) is 2.49. The van der Waals surface area contributed by atoms with E-state index in [1.165, 1.54) is 19.2 Å². The zero-order valence-electron chi connectivity index (χ0n) is 10.6. The molecule has 106 valence electrons. The van der Waals surface area contributed by atoms with E-state index in [0.29, 0.717) is 16.8 Å². The molecule has 0 fully saturated rings. The molecule has 0 atom stereocenters. The van der Waals surface area contributed by atoms with Crippen LogP contribution in [-0.2, 0) is 0 Å². The molecule has 1 aromatic carbocycles. The van der Waals surface area contributed by atoms with Crippen LogP contribution in [0.4, 0.5) is 5.69 Å². The lowest BCUT2D eigenvalue weighted by Crippen LogP contribution is -2.01. The molecule has 0 heterocycles. The SMILES string of the molecule is COc1cc(Br)c(OCCCCCO)cc1[N+](=O)[O-]. The topological polar surface area (TPSA) is 81.8 Å². The van der Waals surface area contributed by atoms with E-state index >= 15 is 0 Å². The number of benzene rings is 1. The van der Waals surface area contributed by atoms with Crippen molar-refractivity contribution in [1.82, 2.24) is 0 Å². The van der Waals surface area contributed by atoms with Gasteiger partial charge in [0.1, 0.15) is 5.75 Å². The number of methoxy groups -OCH3 is 1. The molecule has 0 bridgehead atoms. The van der Waals surface area contributed by atoms with Crippen LogP contribution in [-0.4, -0.2) is 30.4 Å². The van der Waals surface area contributed by atoms with Crippen molar-refractivity contribution in [2.24, 2.45) is 0 Å². The Morgan fingerprint density at radius 2 is 2.05 bits per heavy atom. The van der Waals surface area contributed by atoms with E-state index in [4.69, 9.17) is 14.6 Å². The molecule has 6 nitrogen and oxygen atoms in total. The highest BCUT2D eigenvalue weighted by atomic mass is 79.9. The summed E-state index contributed by atoms with van der Waals surface area (Å²) in [5.74, 6) is 0.598. The smallest absolute Gasteiger partial charge is 0.314 e. The highest BCUT2D eigenvalue weighted by molar-refractivity contribution is 9.10. The Labute approximate surface area is 119 Å². The molecule has 0 saturated heterocycles. The number of nitro benzene ring substituents is 1. The van der Waals surface area contributed by atoms with E-state index in [1.807, 2.05) is 0 Å². The number of hydrogen-bond acceptors (Lipinski definition) is 5. The van der Waals surface area contributed by atoms with Gasteiger partial charge in [0, 0.05) is 12.7 Å². The molecule has 0 radical (unpaired) electrons. The predicted octanol–water partition coefficient (Wildman–Crippen LogP) is 2.91. The normalized spacial score (nSPS) is 10.3. The highest BCUT2D eigenvalue weighted by Gasteiger charge is 2.18. The average molecular weight is 334 g/mol. The maximum atomic E-state index is 10.9. The van der Waals surface area contributed by atoms with Gasteiger partial charge < -0.3 is 14.6 Å². The minimum Gasteiger partial charge on any atom is -0.492 e. The maximum absolute atomic E-state index is 10.9. The van der Waals surface area contributed by atoms with Gasteiger partial charge in [0.25, 0.3) is 0 Å². The lowest BCUT2D eigenvalue weighted by Gasteiger charge is -2.09. The van der Waals surface area contributed by atoms with Crippen molar-refractivity contribution in [3.05, 3.63) is 26.7 Å². The Kier molecular flexibility index (Phi) is 6.58. The summed E-state index contributed by atoms with van der Waals surface area (Å²) in [6, 6.07) is 2.86. The van der Waals surface area contributed by atoms with Gasteiger partial charge in [-0.15, -0.1) is 0 Å². The molecule has 19 heavy (non-hydrogen) atoms. The molecular weight excluding hydrogens is 318 g/mol. The number of hydrogen-bond donors (Lipinski definition) is 1. The minimum atomic E-state index is -0.510. The maximum Gasteiger partial charge on any atom is 0.314 e. The summed E-state index contributed by atoms with van der Waals surface area (Å²) in [6.07, 6.45) is 2.37. The molecule has 0 aromatic heterocycles. The molecule has 0 saturated carbocycles. The molecule has 7 heteroatoms. The molecule has 0 unspecified atom stereocenters. The Morgan fingerprint density at radius 3 is 2.63 bits per heavy atom. The fourth-order valence-corrected chi connectivity index (χ4v) is 1.95. The second-order valence-corrected chi connectivity index (χ2v) is 4.70. The predicted molar refractivity (Wildman–Crippen MR) is 73.8 cm³/mol. The first-order valence-corrected chi connectivity index (χ1v) is 6.65. The van der Waals surface area contributed by atoms with Crippen molar-refractivity contribution >= 4 is 21.6 Å². The van der Waals surface area contributed by atoms with Crippen molar-refractivity contribution in [1.29, 1.82) is 0 Å². The second kappa shape index (κ2) is 7.96. The molecule has 0 aliphatic carbocycles. The molecule has 1 aromatic rings. The van der Waals surface area contributed by atoms with Crippen LogP contribution in [0.1, 0.15) is 19.3 Å². The Hall–Kier alpha value is -1.34. The zero-order chi connectivity index (χ0) is 14.3. The fourth-order valence-electron chi connectivity index (χ4n) is 1.51. The quantitative estimate of drug-likeness (QED) is 0.449. The summed E-state index contributed by atoms with van der Waals surface area (Å²) in [4.78, 5) is 10.4. The number of unbranched alkanes of at least 4 members (excludes halogenated alkanes) is 2. The first-order chi connectivity index (χ1) is 9.10. The van der Waals surface area contributed by atoms with Crippen LogP contribution in [0, 0.1) is 10.1 Å². The highest BCUT2D eigenvalue weighted by Crippen LogP contribution is 2.37. The third kappa shape index (κ3) is 4.68. The molecule has 1 N–H and O–H groups in total. The van der Waals surface area contributed by atoms with E-state index in [1.54, 1.807) is 0 Å². The third-order valence-corrected chi connectivity index (χ3v) is 3.11. The number of nitro groups is 1. The number of aliphatic hydroxyl groups excluding tert-OH is 1. The Morgan fingerprint density at radius 1 is 1.32 bits per heavy atom. The van der Waals surface area contributed by atoms with Crippen LogP contribution in [0.3, 0.4) is 0 Å². The minimum absolute atomic E-state index is 0.129. The van der Waals surface area contributed by atoms with Crippen LogP contribution >= 0.6 is 15.9 Å². The summed E-state index contributed by atoms with van der Waals surface area (Å²) in [6.45, 7) is 0.611. The van der Waals surface area contributed by atoms with Gasteiger partial charge in [-0.2, -0.15) is 0 Å². The largest absolute Gasteiger partial charge is 0.492 e. The number of rotatable bonds is 8. The van der Waals surface area contributed by atoms with Gasteiger partial charge in [0.05, 0.1) is 29.2 Å². The first-order valence-electron chi connectivity index (χ1n) is 5.85. The lowest BCUT2D eigenvalue weighted by atomic mass is 10.2. The van der Waals surface area contributed by atoms with E-state index in [2.05, 4.69) is 15.9 Å². The van der Waals surface area contributed by atoms with Crippen LogP contribution in [0.15, 0.2) is 16.6 Å². The van der Waals surface area contributed by atoms with Crippen molar-refractivity contribution < 1.29 is 19.5 Å². The number of ether oxygens (including phenoxy) is 2. The second-order valence-electron chi connectivity index (χ2n) is 3.84. The van der Waals surface area contributed by atoms with Gasteiger partial charge in [-0.3, -0.25) is 10.1 Å². The van der Waals surface area contributed by atoms with E-state index in [9.17, 15) is 10.1 Å². The summed E-state index contributed by atoms with van der Waals surface area (Å²) in [5.41, 5.74) is -0.129. The lowest BCUT2D eigenvalue weighted by molar-refractivity contribution is -0.385. The summed E-state index contributed by atoms with van der Waals surface area (Å²) < 4.78 is 11.0. The van der Waals surface area contributed by atoms with Crippen LogP contribution in [0.5, 0.6) is 11.5 Å². The first kappa shape index (κ1) is 15.7. The van der Waals surface area contributed by atoms with E-state index in [-0.39, 0.29) is 18.0 Å².